The lowest BCUT2D eigenvalue weighted by Crippen LogP contribution is -2.32. The molecule has 0 saturated carbocycles. The minimum Gasteiger partial charge on any atom is -0.430 e. The molecular weight excluding hydrogens is 178 g/mol. The minimum atomic E-state index is -0.891. The van der Waals surface area contributed by atoms with Gasteiger partial charge in [-0.2, -0.15) is 0 Å². The predicted molar refractivity (Wildman–Crippen MR) is 56.6 cm³/mol. The highest BCUT2D eigenvalue weighted by molar-refractivity contribution is 5.65. The Labute approximate surface area is 85.3 Å². The van der Waals surface area contributed by atoms with Crippen molar-refractivity contribution in [3.05, 3.63) is 11.6 Å². The van der Waals surface area contributed by atoms with E-state index in [1.165, 1.54) is 5.57 Å². The van der Waals surface area contributed by atoms with E-state index in [0.29, 0.717) is 6.42 Å². The van der Waals surface area contributed by atoms with Crippen LogP contribution in [0.25, 0.3) is 0 Å². The first-order valence-corrected chi connectivity index (χ1v) is 4.49. The second-order valence-electron chi connectivity index (χ2n) is 3.62. The second-order valence-corrected chi connectivity index (χ2v) is 3.62. The number of amides is 1. The van der Waals surface area contributed by atoms with Crippen LogP contribution in [0.4, 0.5) is 4.79 Å². The maximum atomic E-state index is 10.6. The number of primary amides is 1. The van der Waals surface area contributed by atoms with Crippen LogP contribution in [0.2, 0.25) is 0 Å². The number of carbonyl (C=O) groups is 1. The second kappa shape index (κ2) is 5.33. The molecule has 1 unspecified atom stereocenters. The van der Waals surface area contributed by atoms with Crippen LogP contribution in [0, 0.1) is 12.3 Å². The van der Waals surface area contributed by atoms with Crippen molar-refractivity contribution in [3.63, 3.8) is 0 Å². The maximum Gasteiger partial charge on any atom is 0.406 e. The third-order valence-corrected chi connectivity index (χ3v) is 1.81. The van der Waals surface area contributed by atoms with Crippen molar-refractivity contribution in [2.24, 2.45) is 5.73 Å². The summed E-state index contributed by atoms with van der Waals surface area (Å²) in [7, 11) is 0. The van der Waals surface area contributed by atoms with E-state index in [0.717, 1.165) is 6.42 Å². The van der Waals surface area contributed by atoms with E-state index in [4.69, 9.17) is 16.9 Å². The molecule has 0 saturated heterocycles. The lowest BCUT2D eigenvalue weighted by atomic mass is 10.0. The van der Waals surface area contributed by atoms with Crippen LogP contribution >= 0.6 is 0 Å². The molecule has 1 atom stereocenters. The van der Waals surface area contributed by atoms with Crippen molar-refractivity contribution in [1.29, 1.82) is 0 Å². The molecule has 0 aliphatic carbocycles. The number of carbonyl (C=O) groups excluding carboxylic acids is 1. The van der Waals surface area contributed by atoms with Gasteiger partial charge in [-0.3, -0.25) is 0 Å². The van der Waals surface area contributed by atoms with Gasteiger partial charge in [0.2, 0.25) is 0 Å². The Morgan fingerprint density at radius 3 is 2.57 bits per heavy atom. The van der Waals surface area contributed by atoms with E-state index in [1.54, 1.807) is 6.92 Å². The van der Waals surface area contributed by atoms with Gasteiger partial charge in [0, 0.05) is 6.42 Å². The van der Waals surface area contributed by atoms with Crippen molar-refractivity contribution in [2.75, 3.05) is 0 Å². The molecule has 0 aromatic carbocycles. The van der Waals surface area contributed by atoms with Crippen molar-refractivity contribution in [3.8, 4) is 12.3 Å². The fourth-order valence-electron chi connectivity index (χ4n) is 1.01. The van der Waals surface area contributed by atoms with Crippen LogP contribution in [-0.2, 0) is 4.74 Å². The van der Waals surface area contributed by atoms with Crippen LogP contribution in [0.5, 0.6) is 0 Å². The fraction of sp³-hybridized carbons (Fsp3) is 0.545. The molecule has 1 amide bonds. The molecule has 0 heterocycles. The lowest BCUT2D eigenvalue weighted by molar-refractivity contribution is 0.0685. The summed E-state index contributed by atoms with van der Waals surface area (Å²) in [6, 6.07) is 0. The molecule has 14 heavy (non-hydrogen) atoms. The molecule has 3 nitrogen and oxygen atoms in total. The highest BCUT2D eigenvalue weighted by atomic mass is 16.6. The molecule has 78 valence electrons. The number of terminal acetylenes is 1. The first-order valence-electron chi connectivity index (χ1n) is 4.49. The molecule has 3 heteroatoms. The van der Waals surface area contributed by atoms with Gasteiger partial charge in [0.1, 0.15) is 0 Å². The molecule has 0 rings (SSSR count). The molecule has 2 N–H and O–H groups in total. The largest absolute Gasteiger partial charge is 0.430 e. The Morgan fingerprint density at radius 1 is 1.64 bits per heavy atom. The van der Waals surface area contributed by atoms with Crippen molar-refractivity contribution < 1.29 is 9.53 Å². The first kappa shape index (κ1) is 12.6. The van der Waals surface area contributed by atoms with Crippen LogP contribution in [0.1, 0.15) is 33.6 Å². The third-order valence-electron chi connectivity index (χ3n) is 1.81. The number of hydrogen-bond acceptors (Lipinski definition) is 2. The smallest absolute Gasteiger partial charge is 0.406 e. The van der Waals surface area contributed by atoms with Crippen LogP contribution in [0.3, 0.4) is 0 Å². The molecule has 0 aromatic rings. The van der Waals surface area contributed by atoms with Crippen molar-refractivity contribution >= 4 is 6.09 Å². The van der Waals surface area contributed by atoms with Gasteiger partial charge in [0.15, 0.2) is 5.60 Å². The van der Waals surface area contributed by atoms with Gasteiger partial charge in [-0.05, 0) is 27.2 Å². The fourth-order valence-corrected chi connectivity index (χ4v) is 1.01. The highest BCUT2D eigenvalue weighted by Gasteiger charge is 2.23. The van der Waals surface area contributed by atoms with Gasteiger partial charge in [0.05, 0.1) is 0 Å². The van der Waals surface area contributed by atoms with Crippen molar-refractivity contribution in [1.82, 2.24) is 0 Å². The lowest BCUT2D eigenvalue weighted by Gasteiger charge is -2.21. The highest BCUT2D eigenvalue weighted by Crippen LogP contribution is 2.17. The monoisotopic (exact) mass is 195 g/mol. The Hall–Kier alpha value is -1.43. The molecular formula is C11H17NO2. The van der Waals surface area contributed by atoms with Crippen LogP contribution in [0.15, 0.2) is 11.6 Å². The first-order chi connectivity index (χ1) is 6.39. The Balaban J connectivity index is 4.21. The zero-order valence-corrected chi connectivity index (χ0v) is 8.96. The SMILES string of the molecule is C#CC(C)(CCC=C(C)C)OC(N)=O. The number of nitrogens with two attached hydrogens (primary N) is 1. The summed E-state index contributed by atoms with van der Waals surface area (Å²) in [5.74, 6) is 2.43. The summed E-state index contributed by atoms with van der Waals surface area (Å²) in [5, 5.41) is 0. The average Bonchev–Trinajstić information content (AvgIpc) is 2.02. The number of rotatable bonds is 4. The summed E-state index contributed by atoms with van der Waals surface area (Å²) in [6.45, 7) is 5.68. The van der Waals surface area contributed by atoms with Crippen LogP contribution in [-0.4, -0.2) is 11.7 Å². The summed E-state index contributed by atoms with van der Waals surface area (Å²) < 4.78 is 4.84. The standard InChI is InChI=1S/C11H17NO2/c1-5-11(4,14-10(12)13)8-6-7-9(2)3/h1,7H,6,8H2,2-4H3,(H2,12,13). The van der Waals surface area contributed by atoms with Gasteiger partial charge in [-0.15, -0.1) is 6.42 Å². The van der Waals surface area contributed by atoms with Gasteiger partial charge < -0.3 is 10.5 Å². The number of hydrogen-bond donors (Lipinski definition) is 1. The van der Waals surface area contributed by atoms with Gasteiger partial charge in [0.25, 0.3) is 0 Å². The normalized spacial score (nSPS) is 13.6. The zero-order valence-electron chi connectivity index (χ0n) is 8.96. The summed E-state index contributed by atoms with van der Waals surface area (Å²) in [4.78, 5) is 10.6. The summed E-state index contributed by atoms with van der Waals surface area (Å²) in [6.07, 6.45) is 7.83. The Bertz CT molecular complexity index is 272. The van der Waals surface area contributed by atoms with E-state index in [1.807, 2.05) is 19.9 Å². The van der Waals surface area contributed by atoms with E-state index in [2.05, 4.69) is 5.92 Å². The molecule has 0 spiro atoms. The average molecular weight is 195 g/mol. The zero-order chi connectivity index (χ0) is 11.2. The predicted octanol–water partition coefficient (Wildman–Crippen LogP) is 2.22. The van der Waals surface area contributed by atoms with E-state index >= 15 is 0 Å². The molecule has 0 fully saturated rings. The minimum absolute atomic E-state index is 0.581. The van der Waals surface area contributed by atoms with Gasteiger partial charge in [-0.1, -0.05) is 17.6 Å². The summed E-state index contributed by atoms with van der Waals surface area (Å²) in [5.41, 5.74) is 5.23. The van der Waals surface area contributed by atoms with Crippen molar-refractivity contribution in [2.45, 2.75) is 39.2 Å². The van der Waals surface area contributed by atoms with E-state index < -0.39 is 11.7 Å². The molecule has 0 aliphatic rings. The van der Waals surface area contributed by atoms with Gasteiger partial charge >= 0.3 is 6.09 Å². The Morgan fingerprint density at radius 2 is 2.21 bits per heavy atom. The molecule has 0 aromatic heterocycles. The molecule has 0 aliphatic heterocycles. The third kappa shape index (κ3) is 5.26. The topological polar surface area (TPSA) is 52.3 Å². The summed E-state index contributed by atoms with van der Waals surface area (Å²) >= 11 is 0. The quantitative estimate of drug-likeness (QED) is 0.552. The van der Waals surface area contributed by atoms with E-state index in [-0.39, 0.29) is 0 Å². The number of allylic oxidation sites excluding steroid dienone is 2. The van der Waals surface area contributed by atoms with Crippen LogP contribution < -0.4 is 5.73 Å². The molecule has 0 radical (unpaired) electrons. The molecule has 0 bridgehead atoms. The number of ether oxygens (including phenoxy) is 1. The van der Waals surface area contributed by atoms with Gasteiger partial charge in [-0.25, -0.2) is 4.79 Å². The maximum absolute atomic E-state index is 10.6. The Kier molecular flexibility index (Phi) is 4.79. The van der Waals surface area contributed by atoms with E-state index in [9.17, 15) is 4.79 Å².